The molecule has 0 aliphatic rings. The van der Waals surface area contributed by atoms with Crippen molar-refractivity contribution >= 4 is 43.7 Å². The van der Waals surface area contributed by atoms with Gasteiger partial charge in [-0.1, -0.05) is 31.9 Å². The third-order valence-electron chi connectivity index (χ3n) is 2.37. The zero-order chi connectivity index (χ0) is 16.8. The third kappa shape index (κ3) is 10.5. The number of hydrogen-bond acceptors (Lipinski definition) is 6. The lowest BCUT2D eigenvalue weighted by molar-refractivity contribution is -0.125. The standard InChI is InChI=1S/C12H24Br2N4O4/c13-9(11(19)17-3-7-21-5-1-15)10(14)12(20)18-4-8-22-6-2-16/h9-10H,1-8,15-16H2,(H,17,19)(H,18,20). The van der Waals surface area contributed by atoms with Crippen LogP contribution in [0.2, 0.25) is 0 Å². The molecule has 0 aliphatic carbocycles. The normalized spacial score (nSPS) is 13.5. The van der Waals surface area contributed by atoms with Crippen LogP contribution < -0.4 is 22.1 Å². The van der Waals surface area contributed by atoms with Gasteiger partial charge in [0.25, 0.3) is 0 Å². The van der Waals surface area contributed by atoms with Crippen LogP contribution in [0.3, 0.4) is 0 Å². The monoisotopic (exact) mass is 446 g/mol. The van der Waals surface area contributed by atoms with Crippen LogP contribution in [0.4, 0.5) is 0 Å². The van der Waals surface area contributed by atoms with Gasteiger partial charge in [-0.25, -0.2) is 0 Å². The number of amides is 2. The molecule has 8 nitrogen and oxygen atoms in total. The van der Waals surface area contributed by atoms with Crippen molar-refractivity contribution in [1.82, 2.24) is 10.6 Å². The number of carbonyl (C=O) groups is 2. The first-order valence-electron chi connectivity index (χ1n) is 6.93. The number of halogens is 2. The van der Waals surface area contributed by atoms with E-state index in [2.05, 4.69) is 42.5 Å². The highest BCUT2D eigenvalue weighted by atomic mass is 79.9. The number of rotatable bonds is 13. The van der Waals surface area contributed by atoms with Gasteiger partial charge in [-0.05, 0) is 0 Å². The van der Waals surface area contributed by atoms with Crippen molar-refractivity contribution in [1.29, 1.82) is 0 Å². The minimum absolute atomic E-state index is 0.298. The first-order valence-corrected chi connectivity index (χ1v) is 8.77. The maximum Gasteiger partial charge on any atom is 0.235 e. The van der Waals surface area contributed by atoms with Crippen molar-refractivity contribution in [3.05, 3.63) is 0 Å². The van der Waals surface area contributed by atoms with E-state index in [0.717, 1.165) is 0 Å². The highest BCUT2D eigenvalue weighted by Gasteiger charge is 2.29. The molecule has 6 N–H and O–H groups in total. The third-order valence-corrected chi connectivity index (χ3v) is 4.97. The molecule has 2 unspecified atom stereocenters. The van der Waals surface area contributed by atoms with Gasteiger partial charge in [-0.15, -0.1) is 0 Å². The van der Waals surface area contributed by atoms with Gasteiger partial charge in [-0.2, -0.15) is 0 Å². The van der Waals surface area contributed by atoms with E-state index in [-0.39, 0.29) is 11.8 Å². The molecule has 0 bridgehead atoms. The van der Waals surface area contributed by atoms with Crippen LogP contribution in [0.1, 0.15) is 0 Å². The van der Waals surface area contributed by atoms with Crippen LogP contribution >= 0.6 is 31.9 Å². The molecule has 0 aromatic carbocycles. The highest BCUT2D eigenvalue weighted by Crippen LogP contribution is 2.14. The molecule has 0 heterocycles. The second-order valence-corrected chi connectivity index (χ2v) is 6.16. The number of carbonyl (C=O) groups excluding carboxylic acids is 2. The van der Waals surface area contributed by atoms with Gasteiger partial charge in [-0.3, -0.25) is 9.59 Å². The van der Waals surface area contributed by atoms with E-state index < -0.39 is 9.65 Å². The Kier molecular flexibility index (Phi) is 14.2. The fourth-order valence-electron chi connectivity index (χ4n) is 1.32. The van der Waals surface area contributed by atoms with E-state index in [1.54, 1.807) is 0 Å². The van der Waals surface area contributed by atoms with Crippen LogP contribution in [-0.4, -0.2) is 74.1 Å². The summed E-state index contributed by atoms with van der Waals surface area (Å²) in [5, 5.41) is 5.32. The Hall–Kier alpha value is -0.260. The van der Waals surface area contributed by atoms with Crippen molar-refractivity contribution in [3.63, 3.8) is 0 Å². The lowest BCUT2D eigenvalue weighted by Crippen LogP contribution is -2.45. The molecule has 0 saturated carbocycles. The fourth-order valence-corrected chi connectivity index (χ4v) is 2.13. The summed E-state index contributed by atoms with van der Waals surface area (Å²) < 4.78 is 10.3. The predicted molar refractivity (Wildman–Crippen MR) is 91.2 cm³/mol. The first kappa shape index (κ1) is 21.7. The number of alkyl halides is 2. The summed E-state index contributed by atoms with van der Waals surface area (Å²) >= 11 is 6.40. The summed E-state index contributed by atoms with van der Waals surface area (Å²) in [6.45, 7) is 3.24. The maximum atomic E-state index is 11.8. The molecular weight excluding hydrogens is 424 g/mol. The van der Waals surface area contributed by atoms with Gasteiger partial charge in [0, 0.05) is 26.2 Å². The molecule has 0 radical (unpaired) electrons. The number of ether oxygens (including phenoxy) is 2. The Bertz CT molecular complexity index is 294. The average Bonchev–Trinajstić information content (AvgIpc) is 2.52. The molecule has 0 aromatic rings. The molecule has 130 valence electrons. The Balaban J connectivity index is 3.88. The van der Waals surface area contributed by atoms with Crippen LogP contribution in [0.5, 0.6) is 0 Å². The van der Waals surface area contributed by atoms with E-state index in [1.807, 2.05) is 0 Å². The second-order valence-electron chi connectivity index (χ2n) is 4.19. The molecule has 0 aliphatic heterocycles. The summed E-state index contributed by atoms with van der Waals surface area (Å²) in [7, 11) is 0. The quantitative estimate of drug-likeness (QED) is 0.205. The van der Waals surface area contributed by atoms with Gasteiger partial charge >= 0.3 is 0 Å². The van der Waals surface area contributed by atoms with Crippen molar-refractivity contribution in [2.45, 2.75) is 9.65 Å². The molecule has 0 spiro atoms. The molecule has 22 heavy (non-hydrogen) atoms. The van der Waals surface area contributed by atoms with Crippen LogP contribution in [0, 0.1) is 0 Å². The molecule has 2 atom stereocenters. The van der Waals surface area contributed by atoms with E-state index >= 15 is 0 Å². The summed E-state index contributed by atoms with van der Waals surface area (Å²) in [5.74, 6) is -0.597. The van der Waals surface area contributed by atoms with Crippen molar-refractivity contribution in [3.8, 4) is 0 Å². The van der Waals surface area contributed by atoms with Crippen LogP contribution in [0.25, 0.3) is 0 Å². The Morgan fingerprint density at radius 1 is 0.818 bits per heavy atom. The van der Waals surface area contributed by atoms with E-state index in [0.29, 0.717) is 52.6 Å². The van der Waals surface area contributed by atoms with Gasteiger partial charge in [0.15, 0.2) is 0 Å². The largest absolute Gasteiger partial charge is 0.378 e. The molecular formula is C12H24Br2N4O4. The summed E-state index contributed by atoms with van der Waals surface area (Å²) in [6.07, 6.45) is 0. The van der Waals surface area contributed by atoms with Gasteiger partial charge in [0.05, 0.1) is 26.4 Å². The molecule has 10 heteroatoms. The zero-order valence-electron chi connectivity index (χ0n) is 12.4. The van der Waals surface area contributed by atoms with E-state index in [9.17, 15) is 9.59 Å². The molecule has 2 amide bonds. The molecule has 0 rings (SSSR count). The minimum Gasteiger partial charge on any atom is -0.378 e. The Morgan fingerprint density at radius 2 is 1.18 bits per heavy atom. The number of nitrogens with two attached hydrogens (primary N) is 2. The highest BCUT2D eigenvalue weighted by molar-refractivity contribution is 9.12. The Morgan fingerprint density at radius 3 is 1.50 bits per heavy atom. The van der Waals surface area contributed by atoms with Gasteiger partial charge in [0.1, 0.15) is 9.65 Å². The van der Waals surface area contributed by atoms with Crippen LogP contribution in [-0.2, 0) is 19.1 Å². The van der Waals surface area contributed by atoms with Gasteiger partial charge < -0.3 is 31.6 Å². The summed E-state index contributed by atoms with van der Waals surface area (Å²) in [4.78, 5) is 22.3. The lowest BCUT2D eigenvalue weighted by atomic mass is 10.2. The van der Waals surface area contributed by atoms with Crippen LogP contribution in [0.15, 0.2) is 0 Å². The number of nitrogens with one attached hydrogen (secondary N) is 2. The smallest absolute Gasteiger partial charge is 0.235 e. The zero-order valence-corrected chi connectivity index (χ0v) is 15.5. The summed E-state index contributed by atoms with van der Waals surface area (Å²) in [6, 6.07) is 0. The lowest BCUT2D eigenvalue weighted by Gasteiger charge is -2.16. The van der Waals surface area contributed by atoms with E-state index in [1.165, 1.54) is 0 Å². The fraction of sp³-hybridized carbons (Fsp3) is 0.833. The predicted octanol–water partition coefficient (Wildman–Crippen LogP) is -1.30. The van der Waals surface area contributed by atoms with Gasteiger partial charge in [0.2, 0.25) is 11.8 Å². The average molecular weight is 448 g/mol. The SMILES string of the molecule is NCCOCCNC(=O)C(Br)C(Br)C(=O)NCCOCCN. The molecule has 0 fully saturated rings. The van der Waals surface area contributed by atoms with Crippen molar-refractivity contribution in [2.24, 2.45) is 11.5 Å². The molecule has 0 saturated heterocycles. The van der Waals surface area contributed by atoms with E-state index in [4.69, 9.17) is 20.9 Å². The topological polar surface area (TPSA) is 129 Å². The Labute approximate surface area is 147 Å². The minimum atomic E-state index is -0.688. The number of hydrogen-bond donors (Lipinski definition) is 4. The second kappa shape index (κ2) is 14.3. The van der Waals surface area contributed by atoms with Crippen molar-refractivity contribution in [2.75, 3.05) is 52.6 Å². The molecule has 0 aromatic heterocycles. The first-order chi connectivity index (χ1) is 10.5. The maximum absolute atomic E-state index is 11.8. The summed E-state index contributed by atoms with van der Waals surface area (Å²) in [5.41, 5.74) is 10.5. The van der Waals surface area contributed by atoms with Crippen molar-refractivity contribution < 1.29 is 19.1 Å².